The van der Waals surface area contributed by atoms with Crippen molar-refractivity contribution >= 4 is 17.4 Å². The number of nitrogens with zero attached hydrogens (tertiary/aromatic N) is 2. The van der Waals surface area contributed by atoms with Crippen LogP contribution in [0.2, 0.25) is 0 Å². The minimum absolute atomic E-state index is 0.0920. The molecule has 0 aliphatic carbocycles. The number of aryl methyl sites for hydroxylation is 1. The van der Waals surface area contributed by atoms with Gasteiger partial charge in [-0.05, 0) is 49.9 Å². The SMILES string of the molecule is Cc1ccccc1C(=O)Nc1ccc(N2CCCCC2)nc1. The fourth-order valence-electron chi connectivity index (χ4n) is 2.80. The van der Waals surface area contributed by atoms with Gasteiger partial charge in [-0.25, -0.2) is 4.98 Å². The van der Waals surface area contributed by atoms with Crippen LogP contribution in [0.3, 0.4) is 0 Å². The van der Waals surface area contributed by atoms with Crippen molar-refractivity contribution in [1.29, 1.82) is 0 Å². The molecule has 1 amide bonds. The van der Waals surface area contributed by atoms with Crippen LogP contribution in [0.15, 0.2) is 42.6 Å². The zero-order chi connectivity index (χ0) is 15.4. The number of carbonyl (C=O) groups is 1. The van der Waals surface area contributed by atoms with Gasteiger partial charge in [-0.2, -0.15) is 0 Å². The van der Waals surface area contributed by atoms with Gasteiger partial charge in [0.25, 0.3) is 5.91 Å². The van der Waals surface area contributed by atoms with Crippen molar-refractivity contribution in [1.82, 2.24) is 4.98 Å². The summed E-state index contributed by atoms with van der Waals surface area (Å²) in [5.41, 5.74) is 2.40. The molecule has 114 valence electrons. The second kappa shape index (κ2) is 6.60. The van der Waals surface area contributed by atoms with E-state index in [9.17, 15) is 4.79 Å². The summed E-state index contributed by atoms with van der Waals surface area (Å²) in [6, 6.07) is 11.5. The molecule has 4 heteroatoms. The molecular formula is C18H21N3O. The molecule has 22 heavy (non-hydrogen) atoms. The predicted octanol–water partition coefficient (Wildman–Crippen LogP) is 3.63. The first kappa shape index (κ1) is 14.6. The standard InChI is InChI=1S/C18H21N3O/c1-14-7-3-4-8-16(14)18(22)20-15-9-10-17(19-13-15)21-11-5-2-6-12-21/h3-4,7-10,13H,2,5-6,11-12H2,1H3,(H,20,22). The number of piperidine rings is 1. The van der Waals surface area contributed by atoms with Crippen LogP contribution in [-0.2, 0) is 0 Å². The third-order valence-electron chi connectivity index (χ3n) is 4.08. The van der Waals surface area contributed by atoms with E-state index in [2.05, 4.69) is 15.2 Å². The Morgan fingerprint density at radius 1 is 1.09 bits per heavy atom. The fraction of sp³-hybridized carbons (Fsp3) is 0.333. The Labute approximate surface area is 131 Å². The van der Waals surface area contributed by atoms with E-state index in [-0.39, 0.29) is 5.91 Å². The number of hydrogen-bond donors (Lipinski definition) is 1. The molecule has 1 fully saturated rings. The van der Waals surface area contributed by atoms with Gasteiger partial charge in [0, 0.05) is 18.7 Å². The number of rotatable bonds is 3. The maximum absolute atomic E-state index is 12.3. The summed E-state index contributed by atoms with van der Waals surface area (Å²) in [5, 5.41) is 2.91. The van der Waals surface area contributed by atoms with Crippen molar-refractivity contribution < 1.29 is 4.79 Å². The van der Waals surface area contributed by atoms with E-state index in [1.165, 1.54) is 19.3 Å². The summed E-state index contributed by atoms with van der Waals surface area (Å²) in [6.45, 7) is 4.08. The van der Waals surface area contributed by atoms with Gasteiger partial charge in [-0.3, -0.25) is 4.79 Å². The summed E-state index contributed by atoms with van der Waals surface area (Å²) in [5.74, 6) is 0.902. The molecule has 0 radical (unpaired) electrons. The lowest BCUT2D eigenvalue weighted by Gasteiger charge is -2.27. The molecule has 0 saturated carbocycles. The molecule has 1 N–H and O–H groups in total. The third-order valence-corrected chi connectivity index (χ3v) is 4.08. The maximum Gasteiger partial charge on any atom is 0.255 e. The third kappa shape index (κ3) is 3.27. The number of amides is 1. The summed E-state index contributed by atoms with van der Waals surface area (Å²) in [6.07, 6.45) is 5.50. The second-order valence-corrected chi connectivity index (χ2v) is 5.72. The van der Waals surface area contributed by atoms with Crippen LogP contribution < -0.4 is 10.2 Å². The highest BCUT2D eigenvalue weighted by atomic mass is 16.1. The van der Waals surface area contributed by atoms with Gasteiger partial charge < -0.3 is 10.2 Å². The number of benzene rings is 1. The lowest BCUT2D eigenvalue weighted by atomic mass is 10.1. The van der Waals surface area contributed by atoms with Crippen molar-refractivity contribution in [3.05, 3.63) is 53.7 Å². The molecular weight excluding hydrogens is 274 g/mol. The van der Waals surface area contributed by atoms with Crippen LogP contribution >= 0.6 is 0 Å². The van der Waals surface area contributed by atoms with Gasteiger partial charge in [-0.1, -0.05) is 18.2 Å². The molecule has 0 bridgehead atoms. The number of nitrogens with one attached hydrogen (secondary N) is 1. The van der Waals surface area contributed by atoms with Crippen LogP contribution in [0, 0.1) is 6.92 Å². The lowest BCUT2D eigenvalue weighted by molar-refractivity contribution is 0.102. The van der Waals surface area contributed by atoms with E-state index >= 15 is 0 Å². The predicted molar refractivity (Wildman–Crippen MR) is 89.4 cm³/mol. The Hall–Kier alpha value is -2.36. The van der Waals surface area contributed by atoms with E-state index in [1.54, 1.807) is 6.20 Å². The highest BCUT2D eigenvalue weighted by molar-refractivity contribution is 6.05. The highest BCUT2D eigenvalue weighted by Crippen LogP contribution is 2.19. The number of hydrogen-bond acceptors (Lipinski definition) is 3. The van der Waals surface area contributed by atoms with E-state index in [1.807, 2.05) is 43.3 Å². The molecule has 2 aromatic rings. The molecule has 2 heterocycles. The Balaban J connectivity index is 1.68. The first-order valence-electron chi connectivity index (χ1n) is 7.82. The number of aromatic nitrogens is 1. The first-order valence-corrected chi connectivity index (χ1v) is 7.82. The van der Waals surface area contributed by atoms with Crippen LogP contribution in [-0.4, -0.2) is 24.0 Å². The van der Waals surface area contributed by atoms with Crippen LogP contribution in [0.5, 0.6) is 0 Å². The monoisotopic (exact) mass is 295 g/mol. The normalized spacial score (nSPS) is 14.7. The Bertz CT molecular complexity index is 646. The van der Waals surface area contributed by atoms with Gasteiger partial charge in [0.05, 0.1) is 11.9 Å². The van der Waals surface area contributed by atoms with E-state index in [0.29, 0.717) is 5.56 Å². The Kier molecular flexibility index (Phi) is 4.37. The van der Waals surface area contributed by atoms with Gasteiger partial charge in [0.15, 0.2) is 0 Å². The van der Waals surface area contributed by atoms with Crippen molar-refractivity contribution in [3.63, 3.8) is 0 Å². The molecule has 4 nitrogen and oxygen atoms in total. The first-order chi connectivity index (χ1) is 10.7. The molecule has 1 aliphatic rings. The zero-order valence-electron chi connectivity index (χ0n) is 12.9. The van der Waals surface area contributed by atoms with Gasteiger partial charge >= 0.3 is 0 Å². The molecule has 0 spiro atoms. The molecule has 1 aromatic carbocycles. The number of pyridine rings is 1. The van der Waals surface area contributed by atoms with Gasteiger partial charge in [-0.15, -0.1) is 0 Å². The van der Waals surface area contributed by atoms with E-state index in [4.69, 9.17) is 0 Å². The smallest absolute Gasteiger partial charge is 0.255 e. The molecule has 3 rings (SSSR count). The average Bonchev–Trinajstić information content (AvgIpc) is 2.57. The van der Waals surface area contributed by atoms with Crippen molar-refractivity contribution in [2.75, 3.05) is 23.3 Å². The Morgan fingerprint density at radius 3 is 2.55 bits per heavy atom. The van der Waals surface area contributed by atoms with Gasteiger partial charge in [0.2, 0.25) is 0 Å². The maximum atomic E-state index is 12.3. The largest absolute Gasteiger partial charge is 0.357 e. The van der Waals surface area contributed by atoms with Crippen molar-refractivity contribution in [3.8, 4) is 0 Å². The van der Waals surface area contributed by atoms with Crippen LogP contribution in [0.25, 0.3) is 0 Å². The minimum Gasteiger partial charge on any atom is -0.357 e. The Morgan fingerprint density at radius 2 is 1.86 bits per heavy atom. The minimum atomic E-state index is -0.0920. The lowest BCUT2D eigenvalue weighted by Crippen LogP contribution is -2.30. The van der Waals surface area contributed by atoms with E-state index in [0.717, 1.165) is 30.2 Å². The topological polar surface area (TPSA) is 45.2 Å². The zero-order valence-corrected chi connectivity index (χ0v) is 12.9. The number of anilines is 2. The summed E-state index contributed by atoms with van der Waals surface area (Å²) in [4.78, 5) is 19.1. The summed E-state index contributed by atoms with van der Waals surface area (Å²) < 4.78 is 0. The van der Waals surface area contributed by atoms with E-state index < -0.39 is 0 Å². The molecule has 0 unspecified atom stereocenters. The molecule has 0 atom stereocenters. The molecule has 1 aromatic heterocycles. The fourth-order valence-corrected chi connectivity index (χ4v) is 2.80. The summed E-state index contributed by atoms with van der Waals surface area (Å²) in [7, 11) is 0. The quantitative estimate of drug-likeness (QED) is 0.940. The second-order valence-electron chi connectivity index (χ2n) is 5.72. The molecule has 1 aliphatic heterocycles. The van der Waals surface area contributed by atoms with Crippen LogP contribution in [0.4, 0.5) is 11.5 Å². The summed E-state index contributed by atoms with van der Waals surface area (Å²) >= 11 is 0. The van der Waals surface area contributed by atoms with Crippen LogP contribution in [0.1, 0.15) is 35.2 Å². The molecule has 1 saturated heterocycles. The van der Waals surface area contributed by atoms with Crippen molar-refractivity contribution in [2.24, 2.45) is 0 Å². The van der Waals surface area contributed by atoms with Gasteiger partial charge in [0.1, 0.15) is 5.82 Å². The number of carbonyl (C=O) groups excluding carboxylic acids is 1. The van der Waals surface area contributed by atoms with Crippen molar-refractivity contribution in [2.45, 2.75) is 26.2 Å². The highest BCUT2D eigenvalue weighted by Gasteiger charge is 2.12. The average molecular weight is 295 g/mol.